The van der Waals surface area contributed by atoms with Crippen molar-refractivity contribution in [3.63, 3.8) is 0 Å². The lowest BCUT2D eigenvalue weighted by Crippen LogP contribution is -2.47. The zero-order valence-corrected chi connectivity index (χ0v) is 13.3. The summed E-state index contributed by atoms with van der Waals surface area (Å²) in [4.78, 5) is 24.2. The molecule has 2 aromatic heterocycles. The number of aromatic nitrogens is 2. The summed E-state index contributed by atoms with van der Waals surface area (Å²) in [5.41, 5.74) is 6.84. The number of primary amides is 1. The molecule has 6 nitrogen and oxygen atoms in total. The van der Waals surface area contributed by atoms with Gasteiger partial charge in [0.1, 0.15) is 11.5 Å². The van der Waals surface area contributed by atoms with Crippen LogP contribution in [0.15, 0.2) is 29.2 Å². The fourth-order valence-electron chi connectivity index (χ4n) is 2.69. The highest BCUT2D eigenvalue weighted by molar-refractivity contribution is 7.07. The van der Waals surface area contributed by atoms with Gasteiger partial charge in [-0.15, -0.1) is 0 Å². The molecule has 3 heterocycles. The van der Waals surface area contributed by atoms with Gasteiger partial charge in [-0.25, -0.2) is 4.98 Å². The van der Waals surface area contributed by atoms with E-state index in [1.807, 2.05) is 0 Å². The molecule has 0 saturated carbocycles. The Labute approximate surface area is 133 Å². The molecule has 0 radical (unpaired) electrons. The predicted molar refractivity (Wildman–Crippen MR) is 87.1 cm³/mol. The van der Waals surface area contributed by atoms with Gasteiger partial charge in [0.05, 0.1) is 12.4 Å². The molecule has 116 valence electrons. The predicted octanol–water partition coefficient (Wildman–Crippen LogP) is 1.52. The number of amides is 1. The second-order valence-corrected chi connectivity index (χ2v) is 6.16. The van der Waals surface area contributed by atoms with E-state index in [1.165, 1.54) is 11.8 Å². The minimum atomic E-state index is -0.543. The second-order valence-electron chi connectivity index (χ2n) is 5.38. The van der Waals surface area contributed by atoms with E-state index in [1.54, 1.807) is 17.5 Å². The van der Waals surface area contributed by atoms with Crippen molar-refractivity contribution < 1.29 is 4.79 Å². The molecular weight excluding hydrogens is 298 g/mol. The highest BCUT2D eigenvalue weighted by atomic mass is 32.1. The van der Waals surface area contributed by atoms with E-state index in [2.05, 4.69) is 43.5 Å². The first-order valence-electron chi connectivity index (χ1n) is 7.28. The number of carbonyl (C=O) groups excluding carboxylic acids is 1. The molecule has 1 fully saturated rings. The van der Waals surface area contributed by atoms with E-state index in [4.69, 9.17) is 5.73 Å². The minimum absolute atomic E-state index is 0.214. The van der Waals surface area contributed by atoms with Crippen LogP contribution in [0.25, 0.3) is 0 Å². The maximum atomic E-state index is 11.2. The van der Waals surface area contributed by atoms with E-state index in [0.29, 0.717) is 6.04 Å². The molecule has 0 aromatic carbocycles. The lowest BCUT2D eigenvalue weighted by molar-refractivity contribution is 0.0995. The molecule has 1 saturated heterocycles. The van der Waals surface area contributed by atoms with E-state index >= 15 is 0 Å². The molecule has 1 atom stereocenters. The van der Waals surface area contributed by atoms with E-state index in [0.717, 1.165) is 32.0 Å². The molecule has 2 N–H and O–H groups in total. The molecule has 1 aliphatic rings. The molecule has 0 spiro atoms. The maximum Gasteiger partial charge on any atom is 0.268 e. The molecule has 0 aliphatic carbocycles. The Morgan fingerprint density at radius 2 is 2.09 bits per heavy atom. The number of hydrogen-bond acceptors (Lipinski definition) is 6. The molecular formula is C15H19N5OS. The first-order chi connectivity index (χ1) is 10.6. The molecule has 1 unspecified atom stereocenters. The lowest BCUT2D eigenvalue weighted by Gasteiger charge is -2.38. The van der Waals surface area contributed by atoms with Crippen molar-refractivity contribution in [2.75, 3.05) is 31.1 Å². The highest BCUT2D eigenvalue weighted by Gasteiger charge is 2.23. The number of thiophene rings is 1. The van der Waals surface area contributed by atoms with Crippen molar-refractivity contribution in [3.8, 4) is 0 Å². The van der Waals surface area contributed by atoms with Crippen molar-refractivity contribution >= 4 is 23.1 Å². The quantitative estimate of drug-likeness (QED) is 0.925. The molecule has 1 aliphatic heterocycles. The van der Waals surface area contributed by atoms with Crippen molar-refractivity contribution in [2.24, 2.45) is 5.73 Å². The summed E-state index contributed by atoms with van der Waals surface area (Å²) in [6.45, 7) is 5.89. The van der Waals surface area contributed by atoms with Gasteiger partial charge in [0, 0.05) is 32.2 Å². The third-order valence-corrected chi connectivity index (χ3v) is 4.79. The number of hydrogen-bond donors (Lipinski definition) is 1. The number of nitrogens with two attached hydrogens (primary N) is 1. The molecule has 2 aromatic rings. The zero-order valence-electron chi connectivity index (χ0n) is 12.5. The second kappa shape index (κ2) is 6.41. The Bertz CT molecular complexity index is 637. The van der Waals surface area contributed by atoms with Crippen molar-refractivity contribution in [1.82, 2.24) is 14.9 Å². The average Bonchev–Trinajstić information content (AvgIpc) is 3.09. The van der Waals surface area contributed by atoms with Crippen LogP contribution in [-0.4, -0.2) is 47.0 Å². The van der Waals surface area contributed by atoms with Gasteiger partial charge in [0.15, 0.2) is 0 Å². The van der Waals surface area contributed by atoms with Crippen LogP contribution in [-0.2, 0) is 0 Å². The van der Waals surface area contributed by atoms with Crippen molar-refractivity contribution in [3.05, 3.63) is 40.5 Å². The Morgan fingerprint density at radius 3 is 2.73 bits per heavy atom. The Balaban J connectivity index is 1.64. The molecule has 7 heteroatoms. The van der Waals surface area contributed by atoms with Crippen molar-refractivity contribution in [1.29, 1.82) is 0 Å². The largest absolute Gasteiger partial charge is 0.364 e. The summed E-state index contributed by atoms with van der Waals surface area (Å²) in [5, 5.41) is 4.33. The normalized spacial score (nSPS) is 17.4. The lowest BCUT2D eigenvalue weighted by atomic mass is 10.1. The summed E-state index contributed by atoms with van der Waals surface area (Å²) in [6.07, 6.45) is 3.09. The van der Waals surface area contributed by atoms with Crippen LogP contribution in [0, 0.1) is 0 Å². The highest BCUT2D eigenvalue weighted by Crippen LogP contribution is 2.24. The van der Waals surface area contributed by atoms with E-state index in [-0.39, 0.29) is 5.69 Å². The smallest absolute Gasteiger partial charge is 0.268 e. The molecule has 1 amide bonds. The molecule has 22 heavy (non-hydrogen) atoms. The molecule has 0 bridgehead atoms. The summed E-state index contributed by atoms with van der Waals surface area (Å²) < 4.78 is 0. The summed E-state index contributed by atoms with van der Waals surface area (Å²) in [6, 6.07) is 2.61. The van der Waals surface area contributed by atoms with Gasteiger partial charge >= 0.3 is 0 Å². The van der Waals surface area contributed by atoms with Crippen LogP contribution >= 0.6 is 11.3 Å². The summed E-state index contributed by atoms with van der Waals surface area (Å²) in [7, 11) is 0. The third kappa shape index (κ3) is 3.10. The number of anilines is 1. The van der Waals surface area contributed by atoms with Crippen LogP contribution in [0.3, 0.4) is 0 Å². The Hall–Kier alpha value is -1.99. The van der Waals surface area contributed by atoms with Gasteiger partial charge in [-0.05, 0) is 29.3 Å². The van der Waals surface area contributed by atoms with Crippen LogP contribution in [0.1, 0.15) is 29.0 Å². The fourth-order valence-corrected chi connectivity index (χ4v) is 3.44. The number of rotatable bonds is 4. The average molecular weight is 317 g/mol. The van der Waals surface area contributed by atoms with Crippen LogP contribution < -0.4 is 10.6 Å². The molecule has 3 rings (SSSR count). The number of piperazine rings is 1. The van der Waals surface area contributed by atoms with Crippen LogP contribution in [0.2, 0.25) is 0 Å². The van der Waals surface area contributed by atoms with Gasteiger partial charge in [-0.3, -0.25) is 14.7 Å². The zero-order chi connectivity index (χ0) is 15.5. The van der Waals surface area contributed by atoms with Gasteiger partial charge in [-0.2, -0.15) is 11.3 Å². The van der Waals surface area contributed by atoms with E-state index < -0.39 is 5.91 Å². The van der Waals surface area contributed by atoms with Crippen LogP contribution in [0.5, 0.6) is 0 Å². The van der Waals surface area contributed by atoms with Gasteiger partial charge in [0.25, 0.3) is 5.91 Å². The summed E-state index contributed by atoms with van der Waals surface area (Å²) in [5.74, 6) is 0.179. The standard InChI is InChI=1S/C15H19N5OS/c1-11(12-2-7-22-10-12)19-3-5-20(6-4-19)14-9-17-8-13(18-14)15(16)21/h2,7-11H,3-6H2,1H3,(H2,16,21). The monoisotopic (exact) mass is 317 g/mol. The van der Waals surface area contributed by atoms with Gasteiger partial charge in [-0.1, -0.05) is 0 Å². The first kappa shape index (κ1) is 14.9. The summed E-state index contributed by atoms with van der Waals surface area (Å²) >= 11 is 1.73. The van der Waals surface area contributed by atoms with Gasteiger partial charge < -0.3 is 10.6 Å². The first-order valence-corrected chi connectivity index (χ1v) is 8.22. The van der Waals surface area contributed by atoms with Gasteiger partial charge in [0.2, 0.25) is 0 Å². The minimum Gasteiger partial charge on any atom is -0.364 e. The number of nitrogens with zero attached hydrogens (tertiary/aromatic N) is 4. The topological polar surface area (TPSA) is 75.3 Å². The SMILES string of the molecule is CC(c1ccsc1)N1CCN(c2cncc(C(N)=O)n2)CC1. The third-order valence-electron chi connectivity index (χ3n) is 4.09. The maximum absolute atomic E-state index is 11.2. The fraction of sp³-hybridized carbons (Fsp3) is 0.400. The van der Waals surface area contributed by atoms with Crippen molar-refractivity contribution in [2.45, 2.75) is 13.0 Å². The van der Waals surface area contributed by atoms with Crippen LogP contribution in [0.4, 0.5) is 5.82 Å². The number of carbonyl (C=O) groups is 1. The Kier molecular flexibility index (Phi) is 4.35. The van der Waals surface area contributed by atoms with E-state index in [9.17, 15) is 4.79 Å². The Morgan fingerprint density at radius 1 is 1.32 bits per heavy atom.